The molecule has 0 fully saturated rings. The van der Waals surface area contributed by atoms with E-state index >= 15 is 0 Å². The number of nitrogens with zero attached hydrogens (tertiary/aromatic N) is 2. The summed E-state index contributed by atoms with van der Waals surface area (Å²) in [6.45, 7) is 11.0. The average Bonchev–Trinajstić information content (AvgIpc) is 3.16. The summed E-state index contributed by atoms with van der Waals surface area (Å²) in [5, 5.41) is 1.10. The van der Waals surface area contributed by atoms with Gasteiger partial charge in [0, 0.05) is 34.9 Å². The van der Waals surface area contributed by atoms with Crippen LogP contribution in [0.5, 0.6) is 5.75 Å². The van der Waals surface area contributed by atoms with Crippen LogP contribution in [0.25, 0.3) is 10.4 Å². The molecule has 0 bridgehead atoms. The highest BCUT2D eigenvalue weighted by Crippen LogP contribution is 2.33. The van der Waals surface area contributed by atoms with Gasteiger partial charge in [0.1, 0.15) is 6.61 Å². The molecule has 4 nitrogen and oxygen atoms in total. The maximum Gasteiger partial charge on any atom is 0.166 e. The van der Waals surface area contributed by atoms with E-state index in [-0.39, 0.29) is 5.41 Å². The highest BCUT2D eigenvalue weighted by atomic mass is 32.1. The topological polar surface area (TPSA) is 61.0 Å². The molecule has 2 N–H and O–H groups in total. The molecule has 3 rings (SSSR count). The highest BCUT2D eigenvalue weighted by molar-refractivity contribution is 7.15. The molecule has 1 aromatic carbocycles. The largest absolute Gasteiger partial charge is 0.485 e. The first kappa shape index (κ1) is 20.9. The first-order valence-corrected chi connectivity index (χ1v) is 10.5. The first-order valence-electron chi connectivity index (χ1n) is 9.68. The minimum absolute atomic E-state index is 0.0286. The van der Waals surface area contributed by atoms with E-state index in [4.69, 9.17) is 10.5 Å². The van der Waals surface area contributed by atoms with Crippen LogP contribution >= 0.6 is 11.3 Å². The number of thiazole rings is 1. The Hall–Kier alpha value is -2.84. The van der Waals surface area contributed by atoms with Crippen molar-refractivity contribution in [2.45, 2.75) is 47.1 Å². The Labute approximate surface area is 177 Å². The maximum absolute atomic E-state index is 6.04. The fourth-order valence-corrected chi connectivity index (χ4v) is 3.45. The van der Waals surface area contributed by atoms with E-state index in [0.717, 1.165) is 26.6 Å². The number of rotatable bonds is 5. The Morgan fingerprint density at radius 3 is 2.62 bits per heavy atom. The zero-order valence-electron chi connectivity index (χ0n) is 17.6. The van der Waals surface area contributed by atoms with Crippen molar-refractivity contribution >= 4 is 17.2 Å². The van der Waals surface area contributed by atoms with E-state index in [0.29, 0.717) is 24.1 Å². The van der Waals surface area contributed by atoms with Crippen LogP contribution in [0.4, 0.5) is 5.82 Å². The molecular formula is C24H27N3OS. The second kappa shape index (κ2) is 8.67. The van der Waals surface area contributed by atoms with Crippen molar-refractivity contribution in [3.8, 4) is 28.0 Å². The van der Waals surface area contributed by atoms with Crippen molar-refractivity contribution in [3.05, 3.63) is 58.9 Å². The van der Waals surface area contributed by atoms with Crippen LogP contribution in [0.15, 0.2) is 42.7 Å². The van der Waals surface area contributed by atoms with Gasteiger partial charge < -0.3 is 10.5 Å². The van der Waals surface area contributed by atoms with Gasteiger partial charge in [0.15, 0.2) is 11.6 Å². The lowest BCUT2D eigenvalue weighted by molar-refractivity contribution is 0.307. The van der Waals surface area contributed by atoms with Crippen LogP contribution in [0.2, 0.25) is 0 Å². The maximum atomic E-state index is 6.04. The second-order valence-electron chi connectivity index (χ2n) is 8.31. The Morgan fingerprint density at radius 1 is 1.14 bits per heavy atom. The van der Waals surface area contributed by atoms with Gasteiger partial charge in [0.05, 0.1) is 9.88 Å². The molecule has 0 aliphatic rings. The van der Waals surface area contributed by atoms with Gasteiger partial charge in [0.25, 0.3) is 0 Å². The number of aromatic nitrogens is 2. The van der Waals surface area contributed by atoms with Crippen molar-refractivity contribution in [3.63, 3.8) is 0 Å². The molecule has 2 aromatic heterocycles. The average molecular weight is 406 g/mol. The van der Waals surface area contributed by atoms with Crippen LogP contribution in [-0.4, -0.2) is 9.97 Å². The van der Waals surface area contributed by atoms with Gasteiger partial charge in [-0.25, -0.2) is 9.97 Å². The van der Waals surface area contributed by atoms with Gasteiger partial charge in [0.2, 0.25) is 0 Å². The number of nitrogens with two attached hydrogens (primary N) is 1. The predicted octanol–water partition coefficient (Wildman–Crippen LogP) is 5.89. The third kappa shape index (κ3) is 5.82. The number of hydrogen-bond donors (Lipinski definition) is 1. The monoisotopic (exact) mass is 405 g/mol. The standard InChI is InChI=1S/C24H27N3OS/c1-16(2)23-27-14-21(29-23)19-12-20(22(25)26-13-19)28-15-18-8-6-7-17(11-18)9-10-24(3,4)5/h6-8,11-14,16H,15H2,1-5H3,(H2,25,26). The molecule has 3 aromatic rings. The SMILES string of the molecule is CC(C)c1ncc(-c2cnc(N)c(OCc3cccc(C#CC(C)(C)C)c3)c2)s1. The van der Waals surface area contributed by atoms with Crippen molar-refractivity contribution in [2.24, 2.45) is 5.41 Å². The van der Waals surface area contributed by atoms with Crippen LogP contribution in [-0.2, 0) is 6.61 Å². The van der Waals surface area contributed by atoms with Gasteiger partial charge in [-0.1, -0.05) is 37.8 Å². The van der Waals surface area contributed by atoms with Crippen molar-refractivity contribution in [2.75, 3.05) is 5.73 Å². The van der Waals surface area contributed by atoms with E-state index in [1.165, 1.54) is 0 Å². The van der Waals surface area contributed by atoms with E-state index < -0.39 is 0 Å². The molecule has 150 valence electrons. The third-order valence-electron chi connectivity index (χ3n) is 4.09. The molecule has 0 amide bonds. The summed E-state index contributed by atoms with van der Waals surface area (Å²) >= 11 is 1.67. The minimum Gasteiger partial charge on any atom is -0.485 e. The molecule has 0 aliphatic heterocycles. The molecule has 0 atom stereocenters. The van der Waals surface area contributed by atoms with Gasteiger partial charge in [-0.15, -0.1) is 11.3 Å². The summed E-state index contributed by atoms with van der Waals surface area (Å²) < 4.78 is 5.99. The quantitative estimate of drug-likeness (QED) is 0.538. The van der Waals surface area contributed by atoms with E-state index in [9.17, 15) is 0 Å². The second-order valence-corrected chi connectivity index (χ2v) is 9.38. The van der Waals surface area contributed by atoms with E-state index in [1.807, 2.05) is 36.5 Å². The molecule has 0 aliphatic carbocycles. The fraction of sp³-hybridized carbons (Fsp3) is 0.333. The van der Waals surface area contributed by atoms with Gasteiger partial charge in [-0.3, -0.25) is 0 Å². The van der Waals surface area contributed by atoms with Crippen LogP contribution < -0.4 is 10.5 Å². The normalized spacial score (nSPS) is 11.2. The molecule has 5 heteroatoms. The zero-order valence-corrected chi connectivity index (χ0v) is 18.4. The summed E-state index contributed by atoms with van der Waals surface area (Å²) in [7, 11) is 0. The molecule has 0 unspecified atom stereocenters. The van der Waals surface area contributed by atoms with E-state index in [1.54, 1.807) is 17.5 Å². The summed E-state index contributed by atoms with van der Waals surface area (Å²) in [6.07, 6.45) is 3.65. The van der Waals surface area contributed by atoms with Gasteiger partial charge >= 0.3 is 0 Å². The van der Waals surface area contributed by atoms with Crippen LogP contribution in [0.1, 0.15) is 56.7 Å². The summed E-state index contributed by atoms with van der Waals surface area (Å²) in [4.78, 5) is 9.85. The summed E-state index contributed by atoms with van der Waals surface area (Å²) in [5.74, 6) is 7.85. The van der Waals surface area contributed by atoms with Crippen LogP contribution in [0, 0.1) is 17.3 Å². The molecule has 0 saturated carbocycles. The molecular weight excluding hydrogens is 378 g/mol. The number of nitrogen functional groups attached to an aromatic ring is 1. The Morgan fingerprint density at radius 2 is 1.93 bits per heavy atom. The van der Waals surface area contributed by atoms with Crippen molar-refractivity contribution in [1.82, 2.24) is 9.97 Å². The smallest absolute Gasteiger partial charge is 0.166 e. The molecule has 0 spiro atoms. The Kier molecular flexibility index (Phi) is 6.24. The van der Waals surface area contributed by atoms with Gasteiger partial charge in [-0.05, 0) is 44.5 Å². The van der Waals surface area contributed by atoms with Gasteiger partial charge in [-0.2, -0.15) is 0 Å². The lowest BCUT2D eigenvalue weighted by atomic mass is 9.97. The molecule has 29 heavy (non-hydrogen) atoms. The fourth-order valence-electron chi connectivity index (χ4n) is 2.55. The minimum atomic E-state index is -0.0286. The predicted molar refractivity (Wildman–Crippen MR) is 121 cm³/mol. The van der Waals surface area contributed by atoms with Crippen molar-refractivity contribution < 1.29 is 4.74 Å². The first-order chi connectivity index (χ1) is 13.7. The lowest BCUT2D eigenvalue weighted by Gasteiger charge is -2.10. The summed E-state index contributed by atoms with van der Waals surface area (Å²) in [6, 6.07) is 10.0. The molecule has 2 heterocycles. The highest BCUT2D eigenvalue weighted by Gasteiger charge is 2.11. The van der Waals surface area contributed by atoms with Crippen molar-refractivity contribution in [1.29, 1.82) is 0 Å². The number of pyridine rings is 1. The number of hydrogen-bond acceptors (Lipinski definition) is 5. The molecule has 0 saturated heterocycles. The van der Waals surface area contributed by atoms with Crippen LogP contribution in [0.3, 0.4) is 0 Å². The Bertz CT molecular complexity index is 1050. The molecule has 0 radical (unpaired) electrons. The Balaban J connectivity index is 1.76. The number of benzene rings is 1. The van der Waals surface area contributed by atoms with E-state index in [2.05, 4.69) is 56.4 Å². The number of ether oxygens (including phenoxy) is 1. The third-order valence-corrected chi connectivity index (χ3v) is 5.43. The summed E-state index contributed by atoms with van der Waals surface area (Å²) in [5.41, 5.74) is 8.99. The number of anilines is 1. The zero-order chi connectivity index (χ0) is 21.0. The lowest BCUT2D eigenvalue weighted by Crippen LogP contribution is -2.01.